The van der Waals surface area contributed by atoms with E-state index in [1.165, 1.54) is 7.11 Å². The van der Waals surface area contributed by atoms with Crippen molar-refractivity contribution in [1.82, 2.24) is 0 Å². The molecule has 0 amide bonds. The van der Waals surface area contributed by atoms with E-state index in [-0.39, 0.29) is 11.9 Å². The smallest absolute Gasteiger partial charge is 0.310 e. The number of methoxy groups -OCH3 is 1. The number of esters is 1. The van der Waals surface area contributed by atoms with Crippen molar-refractivity contribution < 1.29 is 14.3 Å². The summed E-state index contributed by atoms with van der Waals surface area (Å²) in [5.74, 6) is 0.481. The normalized spacial score (nSPS) is 11.7. The van der Waals surface area contributed by atoms with E-state index in [9.17, 15) is 4.79 Å². The Bertz CT molecular complexity index is 348. The fraction of sp³-hybridized carbons (Fsp3) is 0.462. The highest BCUT2D eigenvalue weighted by Gasteiger charge is 2.12. The van der Waals surface area contributed by atoms with Gasteiger partial charge >= 0.3 is 5.97 Å². The molecule has 0 aliphatic heterocycles. The highest BCUT2D eigenvalue weighted by Crippen LogP contribution is 2.15. The van der Waals surface area contributed by atoms with Crippen molar-refractivity contribution in [2.45, 2.75) is 13.8 Å². The minimum atomic E-state index is -0.205. The lowest BCUT2D eigenvalue weighted by Crippen LogP contribution is -2.21. The van der Waals surface area contributed by atoms with Gasteiger partial charge in [0.2, 0.25) is 0 Å². The second-order valence-corrected chi connectivity index (χ2v) is 3.76. The van der Waals surface area contributed by atoms with E-state index in [4.69, 9.17) is 4.74 Å². The van der Waals surface area contributed by atoms with Crippen LogP contribution in [-0.4, -0.2) is 26.2 Å². The minimum absolute atomic E-state index is 0.161. The quantitative estimate of drug-likeness (QED) is 0.771. The standard InChI is InChI=1S/C13H19NO3/c1-4-17-12-7-5-11(6-8-12)14-9-10(2)13(15)16-3/h5-8,10,14H,4,9H2,1-3H3. The molecule has 94 valence electrons. The lowest BCUT2D eigenvalue weighted by Gasteiger charge is -2.12. The van der Waals surface area contributed by atoms with E-state index >= 15 is 0 Å². The van der Waals surface area contributed by atoms with Crippen LogP contribution in [0, 0.1) is 5.92 Å². The zero-order chi connectivity index (χ0) is 12.7. The number of hydrogen-bond donors (Lipinski definition) is 1. The first-order valence-electron chi connectivity index (χ1n) is 5.72. The average molecular weight is 237 g/mol. The number of benzene rings is 1. The molecule has 0 saturated heterocycles. The van der Waals surface area contributed by atoms with Crippen LogP contribution >= 0.6 is 0 Å². The highest BCUT2D eigenvalue weighted by molar-refractivity contribution is 5.72. The van der Waals surface area contributed by atoms with Gasteiger partial charge in [-0.05, 0) is 31.2 Å². The van der Waals surface area contributed by atoms with Gasteiger partial charge in [-0.25, -0.2) is 0 Å². The molecule has 1 atom stereocenters. The summed E-state index contributed by atoms with van der Waals surface area (Å²) < 4.78 is 9.99. The maximum atomic E-state index is 11.2. The molecule has 4 heteroatoms. The average Bonchev–Trinajstić information content (AvgIpc) is 2.37. The molecule has 17 heavy (non-hydrogen) atoms. The Labute approximate surface area is 102 Å². The van der Waals surface area contributed by atoms with Crippen LogP contribution in [0.2, 0.25) is 0 Å². The Kier molecular flexibility index (Phi) is 5.33. The van der Waals surface area contributed by atoms with Crippen molar-refractivity contribution in [1.29, 1.82) is 0 Å². The molecule has 1 aromatic carbocycles. The Morgan fingerprint density at radius 2 is 2.00 bits per heavy atom. The number of rotatable bonds is 6. The lowest BCUT2D eigenvalue weighted by atomic mass is 10.2. The molecule has 0 aromatic heterocycles. The van der Waals surface area contributed by atoms with Crippen LogP contribution in [-0.2, 0) is 9.53 Å². The van der Waals surface area contributed by atoms with E-state index in [0.717, 1.165) is 11.4 Å². The van der Waals surface area contributed by atoms with Gasteiger partial charge in [0, 0.05) is 12.2 Å². The van der Waals surface area contributed by atoms with Crippen molar-refractivity contribution in [3.63, 3.8) is 0 Å². The molecule has 4 nitrogen and oxygen atoms in total. The zero-order valence-corrected chi connectivity index (χ0v) is 10.5. The molecule has 1 rings (SSSR count). The van der Waals surface area contributed by atoms with E-state index in [1.807, 2.05) is 38.1 Å². The van der Waals surface area contributed by atoms with Gasteiger partial charge in [-0.15, -0.1) is 0 Å². The van der Waals surface area contributed by atoms with Crippen molar-refractivity contribution in [2.24, 2.45) is 5.92 Å². The van der Waals surface area contributed by atoms with Gasteiger partial charge in [-0.1, -0.05) is 6.92 Å². The number of carbonyl (C=O) groups is 1. The molecule has 0 heterocycles. The zero-order valence-electron chi connectivity index (χ0n) is 10.5. The summed E-state index contributed by atoms with van der Waals surface area (Å²) in [5, 5.41) is 3.17. The fourth-order valence-electron chi connectivity index (χ4n) is 1.39. The van der Waals surface area contributed by atoms with Gasteiger partial charge < -0.3 is 14.8 Å². The first kappa shape index (κ1) is 13.4. The summed E-state index contributed by atoms with van der Waals surface area (Å²) >= 11 is 0. The predicted octanol–water partition coefficient (Wildman–Crippen LogP) is 2.31. The van der Waals surface area contributed by atoms with Crippen LogP contribution in [0.4, 0.5) is 5.69 Å². The fourth-order valence-corrected chi connectivity index (χ4v) is 1.39. The maximum absolute atomic E-state index is 11.2. The highest BCUT2D eigenvalue weighted by atomic mass is 16.5. The van der Waals surface area contributed by atoms with E-state index in [0.29, 0.717) is 13.2 Å². The van der Waals surface area contributed by atoms with Crippen LogP contribution in [0.3, 0.4) is 0 Å². The molecule has 0 fully saturated rings. The summed E-state index contributed by atoms with van der Waals surface area (Å²) in [7, 11) is 1.40. The van der Waals surface area contributed by atoms with E-state index in [2.05, 4.69) is 10.1 Å². The molecule has 0 saturated carbocycles. The topological polar surface area (TPSA) is 47.6 Å². The molecule has 1 N–H and O–H groups in total. The Morgan fingerprint density at radius 1 is 1.35 bits per heavy atom. The first-order chi connectivity index (χ1) is 8.17. The minimum Gasteiger partial charge on any atom is -0.494 e. The van der Waals surface area contributed by atoms with Gasteiger partial charge in [-0.3, -0.25) is 4.79 Å². The molecule has 1 aromatic rings. The van der Waals surface area contributed by atoms with Crippen molar-refractivity contribution in [3.8, 4) is 5.75 Å². The van der Waals surface area contributed by atoms with Gasteiger partial charge in [0.05, 0.1) is 19.6 Å². The number of carbonyl (C=O) groups excluding carboxylic acids is 1. The van der Waals surface area contributed by atoms with Crippen molar-refractivity contribution in [3.05, 3.63) is 24.3 Å². The van der Waals surface area contributed by atoms with Gasteiger partial charge in [-0.2, -0.15) is 0 Å². The van der Waals surface area contributed by atoms with Gasteiger partial charge in [0.25, 0.3) is 0 Å². The molecular weight excluding hydrogens is 218 g/mol. The van der Waals surface area contributed by atoms with Crippen molar-refractivity contribution in [2.75, 3.05) is 25.6 Å². The Morgan fingerprint density at radius 3 is 2.53 bits per heavy atom. The third-order valence-corrected chi connectivity index (χ3v) is 2.38. The van der Waals surface area contributed by atoms with Crippen molar-refractivity contribution >= 4 is 11.7 Å². The number of ether oxygens (including phenoxy) is 2. The number of nitrogens with one attached hydrogen (secondary N) is 1. The van der Waals surface area contributed by atoms with Crippen LogP contribution in [0.5, 0.6) is 5.75 Å². The van der Waals surface area contributed by atoms with Crippen LogP contribution < -0.4 is 10.1 Å². The monoisotopic (exact) mass is 237 g/mol. The van der Waals surface area contributed by atoms with Crippen LogP contribution in [0.15, 0.2) is 24.3 Å². The maximum Gasteiger partial charge on any atom is 0.310 e. The summed E-state index contributed by atoms with van der Waals surface area (Å²) in [6, 6.07) is 7.65. The SMILES string of the molecule is CCOc1ccc(NCC(C)C(=O)OC)cc1. The molecule has 0 radical (unpaired) electrons. The Balaban J connectivity index is 2.44. The van der Waals surface area contributed by atoms with Gasteiger partial charge in [0.1, 0.15) is 5.75 Å². The second kappa shape index (κ2) is 6.78. The van der Waals surface area contributed by atoms with Crippen LogP contribution in [0.25, 0.3) is 0 Å². The molecule has 1 unspecified atom stereocenters. The van der Waals surface area contributed by atoms with Gasteiger partial charge in [0.15, 0.2) is 0 Å². The number of anilines is 1. The summed E-state index contributed by atoms with van der Waals surface area (Å²) in [6.45, 7) is 4.99. The summed E-state index contributed by atoms with van der Waals surface area (Å²) in [4.78, 5) is 11.2. The number of hydrogen-bond acceptors (Lipinski definition) is 4. The van der Waals surface area contributed by atoms with E-state index in [1.54, 1.807) is 0 Å². The second-order valence-electron chi connectivity index (χ2n) is 3.76. The predicted molar refractivity (Wildman–Crippen MR) is 67.3 cm³/mol. The first-order valence-corrected chi connectivity index (χ1v) is 5.72. The molecule has 0 bridgehead atoms. The molecule has 0 spiro atoms. The molecule has 0 aliphatic carbocycles. The Hall–Kier alpha value is -1.71. The largest absolute Gasteiger partial charge is 0.494 e. The molecular formula is C13H19NO3. The third-order valence-electron chi connectivity index (χ3n) is 2.38. The summed E-state index contributed by atoms with van der Waals surface area (Å²) in [5.41, 5.74) is 0.962. The summed E-state index contributed by atoms with van der Waals surface area (Å²) in [6.07, 6.45) is 0. The van der Waals surface area contributed by atoms with Crippen LogP contribution in [0.1, 0.15) is 13.8 Å². The lowest BCUT2D eigenvalue weighted by molar-refractivity contribution is -0.144. The third kappa shape index (κ3) is 4.34. The molecule has 0 aliphatic rings. The van der Waals surface area contributed by atoms with E-state index < -0.39 is 0 Å².